The maximum Gasteiger partial charge on any atom is 0.307 e. The molecule has 0 aromatic carbocycles. The van der Waals surface area contributed by atoms with Crippen LogP contribution in [0.1, 0.15) is 17.7 Å². The quantitative estimate of drug-likeness (QED) is 0.750. The van der Waals surface area contributed by atoms with E-state index in [9.17, 15) is 9.18 Å². The minimum atomic E-state index is -0.894. The number of carboxylic acid groups (broad SMARTS) is 1. The van der Waals surface area contributed by atoms with Crippen molar-refractivity contribution in [3.8, 4) is 0 Å². The number of hydrogen-bond donors (Lipinski definition) is 1. The summed E-state index contributed by atoms with van der Waals surface area (Å²) < 4.78 is 12.6. The molecule has 3 nitrogen and oxygen atoms in total. The SMILES string of the molecule is Cc1nc(F)ccc1C=CCC(=O)O. The van der Waals surface area contributed by atoms with Gasteiger partial charge in [-0.3, -0.25) is 4.79 Å². The van der Waals surface area contributed by atoms with Crippen LogP contribution < -0.4 is 0 Å². The number of aryl methyl sites for hydroxylation is 1. The molecule has 1 aromatic heterocycles. The van der Waals surface area contributed by atoms with Crippen LogP contribution in [0, 0.1) is 12.9 Å². The van der Waals surface area contributed by atoms with E-state index < -0.39 is 11.9 Å². The minimum Gasteiger partial charge on any atom is -0.481 e. The number of carbonyl (C=O) groups is 1. The van der Waals surface area contributed by atoms with Crippen molar-refractivity contribution in [2.24, 2.45) is 0 Å². The van der Waals surface area contributed by atoms with Crippen LogP contribution in [0.25, 0.3) is 6.08 Å². The van der Waals surface area contributed by atoms with Crippen molar-refractivity contribution in [3.63, 3.8) is 0 Å². The standard InChI is InChI=1S/C10H10FNO2/c1-7-8(3-2-4-10(13)14)5-6-9(11)12-7/h2-3,5-6H,4H2,1H3,(H,13,14). The lowest BCUT2D eigenvalue weighted by Crippen LogP contribution is -1.92. The van der Waals surface area contributed by atoms with E-state index in [0.717, 1.165) is 5.56 Å². The first-order valence-electron chi connectivity index (χ1n) is 4.11. The van der Waals surface area contributed by atoms with Crippen molar-refractivity contribution in [2.45, 2.75) is 13.3 Å². The number of hydrogen-bond acceptors (Lipinski definition) is 2. The van der Waals surface area contributed by atoms with Crippen molar-refractivity contribution in [3.05, 3.63) is 35.4 Å². The highest BCUT2D eigenvalue weighted by molar-refractivity contribution is 5.70. The fourth-order valence-corrected chi connectivity index (χ4v) is 1.00. The molecule has 1 aromatic rings. The van der Waals surface area contributed by atoms with Gasteiger partial charge in [-0.1, -0.05) is 12.2 Å². The minimum absolute atomic E-state index is 0.0448. The Balaban J connectivity index is 2.76. The molecular weight excluding hydrogens is 185 g/mol. The normalized spacial score (nSPS) is 10.7. The van der Waals surface area contributed by atoms with Crippen molar-refractivity contribution in [2.75, 3.05) is 0 Å². The fourth-order valence-electron chi connectivity index (χ4n) is 1.00. The van der Waals surface area contributed by atoms with E-state index in [-0.39, 0.29) is 6.42 Å². The highest BCUT2D eigenvalue weighted by Crippen LogP contribution is 2.08. The lowest BCUT2D eigenvalue weighted by atomic mass is 10.2. The first-order valence-corrected chi connectivity index (χ1v) is 4.11. The lowest BCUT2D eigenvalue weighted by molar-refractivity contribution is -0.135. The molecule has 0 amide bonds. The number of pyridine rings is 1. The second-order valence-corrected chi connectivity index (χ2v) is 2.81. The molecule has 0 unspecified atom stereocenters. The van der Waals surface area contributed by atoms with Gasteiger partial charge in [0.2, 0.25) is 5.95 Å². The summed E-state index contributed by atoms with van der Waals surface area (Å²) in [5.74, 6) is -1.42. The van der Waals surface area contributed by atoms with Crippen LogP contribution in [0.5, 0.6) is 0 Å². The summed E-state index contributed by atoms with van der Waals surface area (Å²) in [7, 11) is 0. The molecule has 74 valence electrons. The average Bonchev–Trinajstić information content (AvgIpc) is 2.08. The Bertz CT molecular complexity index is 374. The molecule has 0 radical (unpaired) electrons. The maximum absolute atomic E-state index is 12.6. The lowest BCUT2D eigenvalue weighted by Gasteiger charge is -1.97. The third kappa shape index (κ3) is 2.97. The van der Waals surface area contributed by atoms with Crippen LogP contribution >= 0.6 is 0 Å². The number of nitrogens with zero attached hydrogens (tertiary/aromatic N) is 1. The van der Waals surface area contributed by atoms with Gasteiger partial charge in [0.25, 0.3) is 0 Å². The molecule has 0 aliphatic rings. The van der Waals surface area contributed by atoms with Crippen LogP contribution in [0.3, 0.4) is 0 Å². The van der Waals surface area contributed by atoms with Gasteiger partial charge >= 0.3 is 5.97 Å². The topological polar surface area (TPSA) is 50.2 Å². The molecule has 0 saturated heterocycles. The van der Waals surface area contributed by atoms with Crippen molar-refractivity contribution < 1.29 is 14.3 Å². The smallest absolute Gasteiger partial charge is 0.307 e. The Kier molecular flexibility index (Phi) is 3.34. The number of aromatic nitrogens is 1. The molecule has 0 atom stereocenters. The molecule has 1 N–H and O–H groups in total. The van der Waals surface area contributed by atoms with Gasteiger partial charge in [0.15, 0.2) is 0 Å². The predicted molar refractivity (Wildman–Crippen MR) is 50.2 cm³/mol. The first kappa shape index (κ1) is 10.4. The van der Waals surface area contributed by atoms with E-state index in [1.165, 1.54) is 12.1 Å². The molecule has 0 spiro atoms. The van der Waals surface area contributed by atoms with Crippen molar-refractivity contribution in [1.82, 2.24) is 4.98 Å². The third-order valence-corrected chi connectivity index (χ3v) is 1.68. The highest BCUT2D eigenvalue weighted by atomic mass is 19.1. The highest BCUT2D eigenvalue weighted by Gasteiger charge is 1.97. The fraction of sp³-hybridized carbons (Fsp3) is 0.200. The van der Waals surface area contributed by atoms with Gasteiger partial charge < -0.3 is 5.11 Å². The van der Waals surface area contributed by atoms with Gasteiger partial charge in [-0.2, -0.15) is 4.39 Å². The Morgan fingerprint density at radius 1 is 1.64 bits per heavy atom. The van der Waals surface area contributed by atoms with E-state index in [1.54, 1.807) is 19.1 Å². The predicted octanol–water partition coefficient (Wildman–Crippen LogP) is 2.02. The van der Waals surface area contributed by atoms with Gasteiger partial charge in [0, 0.05) is 5.69 Å². The molecule has 0 saturated carbocycles. The number of rotatable bonds is 3. The second-order valence-electron chi connectivity index (χ2n) is 2.81. The zero-order valence-electron chi connectivity index (χ0n) is 7.70. The van der Waals surface area contributed by atoms with Gasteiger partial charge in [-0.05, 0) is 24.6 Å². The van der Waals surface area contributed by atoms with Crippen LogP contribution in [0.2, 0.25) is 0 Å². The Labute approximate surface area is 80.9 Å². The largest absolute Gasteiger partial charge is 0.481 e. The van der Waals surface area contributed by atoms with Crippen LogP contribution in [-0.4, -0.2) is 16.1 Å². The van der Waals surface area contributed by atoms with Crippen LogP contribution in [-0.2, 0) is 4.79 Å². The van der Waals surface area contributed by atoms with Gasteiger partial charge in [0.1, 0.15) is 0 Å². The summed E-state index contributed by atoms with van der Waals surface area (Å²) >= 11 is 0. The molecule has 0 fully saturated rings. The van der Waals surface area contributed by atoms with E-state index >= 15 is 0 Å². The molecule has 0 bridgehead atoms. The Hall–Kier alpha value is -1.71. The van der Waals surface area contributed by atoms with E-state index in [4.69, 9.17) is 5.11 Å². The number of aliphatic carboxylic acids is 1. The monoisotopic (exact) mass is 195 g/mol. The molecule has 0 aliphatic heterocycles. The molecule has 1 heterocycles. The van der Waals surface area contributed by atoms with Gasteiger partial charge in [0.05, 0.1) is 6.42 Å². The van der Waals surface area contributed by atoms with Crippen molar-refractivity contribution >= 4 is 12.0 Å². The van der Waals surface area contributed by atoms with Gasteiger partial charge in [-0.15, -0.1) is 0 Å². The van der Waals surface area contributed by atoms with E-state index in [1.807, 2.05) is 0 Å². The molecule has 0 aliphatic carbocycles. The molecule has 14 heavy (non-hydrogen) atoms. The van der Waals surface area contributed by atoms with Crippen LogP contribution in [0.4, 0.5) is 4.39 Å². The molecule has 4 heteroatoms. The average molecular weight is 195 g/mol. The molecular formula is C10H10FNO2. The van der Waals surface area contributed by atoms with Crippen LogP contribution in [0.15, 0.2) is 18.2 Å². The van der Waals surface area contributed by atoms with E-state index in [2.05, 4.69) is 4.98 Å². The summed E-state index contributed by atoms with van der Waals surface area (Å²) in [6.45, 7) is 1.67. The molecule has 1 rings (SSSR count). The summed E-state index contributed by atoms with van der Waals surface area (Å²) in [5, 5.41) is 8.38. The summed E-state index contributed by atoms with van der Waals surface area (Å²) in [6.07, 6.45) is 3.08. The zero-order chi connectivity index (χ0) is 10.6. The summed E-state index contributed by atoms with van der Waals surface area (Å²) in [6, 6.07) is 2.81. The Morgan fingerprint density at radius 3 is 2.93 bits per heavy atom. The van der Waals surface area contributed by atoms with E-state index in [0.29, 0.717) is 5.69 Å². The number of halogens is 1. The maximum atomic E-state index is 12.6. The van der Waals surface area contributed by atoms with Crippen molar-refractivity contribution in [1.29, 1.82) is 0 Å². The van der Waals surface area contributed by atoms with Gasteiger partial charge in [-0.25, -0.2) is 4.98 Å². The second kappa shape index (κ2) is 4.50. The number of carboxylic acids is 1. The summed E-state index contributed by atoms with van der Waals surface area (Å²) in [5.41, 5.74) is 1.28. The first-order chi connectivity index (χ1) is 6.59. The Morgan fingerprint density at radius 2 is 2.36 bits per heavy atom. The third-order valence-electron chi connectivity index (χ3n) is 1.68. The summed E-state index contributed by atoms with van der Waals surface area (Å²) in [4.78, 5) is 13.8. The zero-order valence-corrected chi connectivity index (χ0v) is 7.70.